The monoisotopic (exact) mass is 246 g/mol. The van der Waals surface area contributed by atoms with Crippen LogP contribution in [-0.4, -0.2) is 24.5 Å². The van der Waals surface area contributed by atoms with Crippen molar-refractivity contribution in [3.05, 3.63) is 34.9 Å². The van der Waals surface area contributed by atoms with Gasteiger partial charge in [0.25, 0.3) is 0 Å². The molecule has 0 radical (unpaired) electrons. The first-order valence-electron chi connectivity index (χ1n) is 7.13. The lowest BCUT2D eigenvalue weighted by Crippen LogP contribution is -2.40. The van der Waals surface area contributed by atoms with E-state index < -0.39 is 0 Å². The van der Waals surface area contributed by atoms with E-state index in [1.807, 2.05) is 0 Å². The summed E-state index contributed by atoms with van der Waals surface area (Å²) in [6.45, 7) is 9.80. The molecule has 2 N–H and O–H groups in total. The van der Waals surface area contributed by atoms with Crippen LogP contribution >= 0.6 is 0 Å². The van der Waals surface area contributed by atoms with Crippen molar-refractivity contribution in [2.75, 3.05) is 19.6 Å². The highest BCUT2D eigenvalue weighted by Crippen LogP contribution is 2.27. The van der Waals surface area contributed by atoms with Gasteiger partial charge in [-0.05, 0) is 55.8 Å². The molecule has 2 nitrogen and oxygen atoms in total. The van der Waals surface area contributed by atoms with E-state index in [-0.39, 0.29) is 0 Å². The minimum absolute atomic E-state index is 0.395. The summed E-state index contributed by atoms with van der Waals surface area (Å²) in [6, 6.07) is 7.18. The van der Waals surface area contributed by atoms with Gasteiger partial charge in [0.15, 0.2) is 0 Å². The van der Waals surface area contributed by atoms with Crippen LogP contribution < -0.4 is 5.73 Å². The summed E-state index contributed by atoms with van der Waals surface area (Å²) in [4.78, 5) is 2.57. The minimum Gasteiger partial charge on any atom is -0.329 e. The molecular formula is C16H26N2. The van der Waals surface area contributed by atoms with Gasteiger partial charge in [-0.15, -0.1) is 0 Å². The van der Waals surface area contributed by atoms with E-state index in [0.29, 0.717) is 6.04 Å². The molecule has 0 unspecified atom stereocenters. The Labute approximate surface area is 111 Å². The predicted molar refractivity (Wildman–Crippen MR) is 77.7 cm³/mol. The summed E-state index contributed by atoms with van der Waals surface area (Å²) in [5.74, 6) is 0.805. The molecule has 1 aromatic carbocycles. The van der Waals surface area contributed by atoms with Crippen molar-refractivity contribution in [3.8, 4) is 0 Å². The number of nitrogens with two attached hydrogens (primary N) is 1. The van der Waals surface area contributed by atoms with Crippen LogP contribution in [0.4, 0.5) is 0 Å². The SMILES string of the molecule is Cc1ccc([C@H](CN)N2CCC[C@@H](C)C2)cc1C. The van der Waals surface area contributed by atoms with Crippen LogP contribution in [0.1, 0.15) is 42.5 Å². The Balaban J connectivity index is 2.18. The highest BCUT2D eigenvalue weighted by molar-refractivity contribution is 5.32. The first kappa shape index (κ1) is 13.6. The summed E-state index contributed by atoms with van der Waals surface area (Å²) < 4.78 is 0. The highest BCUT2D eigenvalue weighted by Gasteiger charge is 2.24. The fourth-order valence-corrected chi connectivity index (χ4v) is 2.98. The molecule has 0 spiro atoms. The fraction of sp³-hybridized carbons (Fsp3) is 0.625. The minimum atomic E-state index is 0.395. The van der Waals surface area contributed by atoms with E-state index >= 15 is 0 Å². The topological polar surface area (TPSA) is 29.3 Å². The summed E-state index contributed by atoms with van der Waals surface area (Å²) in [5, 5.41) is 0. The quantitative estimate of drug-likeness (QED) is 0.888. The van der Waals surface area contributed by atoms with Crippen molar-refractivity contribution in [2.24, 2.45) is 11.7 Å². The van der Waals surface area contributed by atoms with E-state index in [1.54, 1.807) is 0 Å². The summed E-state index contributed by atoms with van der Waals surface area (Å²) in [6.07, 6.45) is 2.67. The number of benzene rings is 1. The van der Waals surface area contributed by atoms with Crippen LogP contribution in [0.2, 0.25) is 0 Å². The number of rotatable bonds is 3. The number of piperidine rings is 1. The first-order chi connectivity index (χ1) is 8.61. The Morgan fingerprint density at radius 3 is 2.72 bits per heavy atom. The largest absolute Gasteiger partial charge is 0.329 e. The number of nitrogens with zero attached hydrogens (tertiary/aromatic N) is 1. The van der Waals surface area contributed by atoms with Gasteiger partial charge in [-0.2, -0.15) is 0 Å². The third-order valence-corrected chi connectivity index (χ3v) is 4.27. The van der Waals surface area contributed by atoms with Gasteiger partial charge in [0.05, 0.1) is 0 Å². The van der Waals surface area contributed by atoms with Crippen LogP contribution in [0.15, 0.2) is 18.2 Å². The maximum atomic E-state index is 6.03. The molecular weight excluding hydrogens is 220 g/mol. The van der Waals surface area contributed by atoms with Crippen molar-refractivity contribution in [3.63, 3.8) is 0 Å². The molecule has 1 fully saturated rings. The Bertz CT molecular complexity index is 400. The number of hydrogen-bond donors (Lipinski definition) is 1. The van der Waals surface area contributed by atoms with E-state index in [0.717, 1.165) is 12.5 Å². The van der Waals surface area contributed by atoms with Crippen molar-refractivity contribution in [1.29, 1.82) is 0 Å². The molecule has 1 heterocycles. The van der Waals surface area contributed by atoms with Gasteiger partial charge < -0.3 is 5.73 Å². The van der Waals surface area contributed by atoms with E-state index in [9.17, 15) is 0 Å². The smallest absolute Gasteiger partial charge is 0.0470 e. The molecule has 1 aliphatic rings. The molecule has 18 heavy (non-hydrogen) atoms. The molecule has 0 bridgehead atoms. The third kappa shape index (κ3) is 2.93. The van der Waals surface area contributed by atoms with E-state index in [1.165, 1.54) is 42.6 Å². The zero-order valence-corrected chi connectivity index (χ0v) is 11.9. The summed E-state index contributed by atoms with van der Waals surface area (Å²) >= 11 is 0. The molecule has 1 aromatic rings. The van der Waals surface area contributed by atoms with E-state index in [2.05, 4.69) is 43.9 Å². The summed E-state index contributed by atoms with van der Waals surface area (Å²) in [5.41, 5.74) is 10.1. The van der Waals surface area contributed by atoms with Crippen molar-refractivity contribution >= 4 is 0 Å². The second-order valence-electron chi connectivity index (χ2n) is 5.84. The summed E-state index contributed by atoms with van der Waals surface area (Å²) in [7, 11) is 0. The molecule has 2 rings (SSSR count). The normalized spacial score (nSPS) is 23.0. The van der Waals surface area contributed by atoms with Crippen LogP contribution in [0.5, 0.6) is 0 Å². The predicted octanol–water partition coefficient (Wildman–Crippen LogP) is 3.04. The Kier molecular flexibility index (Phi) is 4.41. The average Bonchev–Trinajstić information content (AvgIpc) is 2.35. The Morgan fingerprint density at radius 2 is 2.11 bits per heavy atom. The van der Waals surface area contributed by atoms with Gasteiger partial charge in [-0.1, -0.05) is 25.1 Å². The van der Waals surface area contributed by atoms with Crippen LogP contribution in [0, 0.1) is 19.8 Å². The maximum Gasteiger partial charge on any atom is 0.0470 e. The van der Waals surface area contributed by atoms with Gasteiger partial charge in [0.2, 0.25) is 0 Å². The molecule has 0 aliphatic carbocycles. The van der Waals surface area contributed by atoms with Gasteiger partial charge in [-0.3, -0.25) is 4.90 Å². The molecule has 1 aliphatic heterocycles. The zero-order valence-electron chi connectivity index (χ0n) is 11.9. The molecule has 0 saturated carbocycles. The third-order valence-electron chi connectivity index (χ3n) is 4.27. The zero-order chi connectivity index (χ0) is 13.1. The highest BCUT2D eigenvalue weighted by atomic mass is 15.2. The van der Waals surface area contributed by atoms with Crippen molar-refractivity contribution in [2.45, 2.75) is 39.7 Å². The van der Waals surface area contributed by atoms with Crippen LogP contribution in [0.3, 0.4) is 0 Å². The fourth-order valence-electron chi connectivity index (χ4n) is 2.98. The lowest BCUT2D eigenvalue weighted by Gasteiger charge is -2.37. The van der Waals surface area contributed by atoms with Crippen LogP contribution in [0.25, 0.3) is 0 Å². The van der Waals surface area contributed by atoms with Gasteiger partial charge in [0, 0.05) is 19.1 Å². The number of likely N-dealkylation sites (tertiary alicyclic amines) is 1. The van der Waals surface area contributed by atoms with Gasteiger partial charge >= 0.3 is 0 Å². The van der Waals surface area contributed by atoms with Crippen molar-refractivity contribution in [1.82, 2.24) is 4.90 Å². The Hall–Kier alpha value is -0.860. The van der Waals surface area contributed by atoms with Gasteiger partial charge in [-0.25, -0.2) is 0 Å². The maximum absolute atomic E-state index is 6.03. The number of hydrogen-bond acceptors (Lipinski definition) is 2. The first-order valence-corrected chi connectivity index (χ1v) is 7.13. The lowest BCUT2D eigenvalue weighted by atomic mass is 9.95. The van der Waals surface area contributed by atoms with Crippen LogP contribution in [-0.2, 0) is 0 Å². The molecule has 1 saturated heterocycles. The second-order valence-corrected chi connectivity index (χ2v) is 5.84. The lowest BCUT2D eigenvalue weighted by molar-refractivity contribution is 0.133. The Morgan fingerprint density at radius 1 is 1.33 bits per heavy atom. The van der Waals surface area contributed by atoms with Gasteiger partial charge in [0.1, 0.15) is 0 Å². The molecule has 0 aromatic heterocycles. The molecule has 0 amide bonds. The second kappa shape index (κ2) is 5.85. The molecule has 100 valence electrons. The average molecular weight is 246 g/mol. The van der Waals surface area contributed by atoms with E-state index in [4.69, 9.17) is 5.73 Å². The van der Waals surface area contributed by atoms with Crippen molar-refractivity contribution < 1.29 is 0 Å². The molecule has 2 atom stereocenters. The number of aryl methyl sites for hydroxylation is 2. The molecule has 2 heteroatoms. The standard InChI is InChI=1S/C16H26N2/c1-12-5-4-8-18(11-12)16(10-17)15-7-6-13(2)14(3)9-15/h6-7,9,12,16H,4-5,8,10-11,17H2,1-3H3/t12-,16+/m1/s1.